The van der Waals surface area contributed by atoms with Crippen LogP contribution in [-0.2, 0) is 11.3 Å². The molecular formula is C19H18ClN5O2S. The van der Waals surface area contributed by atoms with Crippen molar-refractivity contribution in [2.45, 2.75) is 18.6 Å². The third kappa shape index (κ3) is 5.11. The highest BCUT2D eigenvalue weighted by Crippen LogP contribution is 2.19. The molecule has 0 unspecified atom stereocenters. The maximum atomic E-state index is 12.0. The highest BCUT2D eigenvalue weighted by Gasteiger charge is 2.21. The maximum absolute atomic E-state index is 12.0. The van der Waals surface area contributed by atoms with Gasteiger partial charge in [0, 0.05) is 5.02 Å². The summed E-state index contributed by atoms with van der Waals surface area (Å²) in [5.41, 5.74) is 4.16. The first kappa shape index (κ1) is 19.9. The molecule has 0 aliphatic rings. The van der Waals surface area contributed by atoms with Crippen LogP contribution in [0, 0.1) is 0 Å². The summed E-state index contributed by atoms with van der Waals surface area (Å²) in [6.07, 6.45) is 1.49. The smallest absolute Gasteiger partial charge is 0.337 e. The van der Waals surface area contributed by atoms with Crippen molar-refractivity contribution in [3.63, 3.8) is 0 Å². The zero-order chi connectivity index (χ0) is 19.9. The molecule has 1 heterocycles. The van der Waals surface area contributed by atoms with Gasteiger partial charge in [0.05, 0.1) is 29.2 Å². The van der Waals surface area contributed by atoms with E-state index in [9.17, 15) is 9.90 Å². The molecule has 9 heteroatoms. The third-order valence-electron chi connectivity index (χ3n) is 3.81. The summed E-state index contributed by atoms with van der Waals surface area (Å²) >= 11 is 7.26. The van der Waals surface area contributed by atoms with Gasteiger partial charge in [0.1, 0.15) is 0 Å². The highest BCUT2D eigenvalue weighted by atomic mass is 35.5. The predicted octanol–water partition coefficient (Wildman–Crippen LogP) is 2.35. The van der Waals surface area contributed by atoms with Gasteiger partial charge in [0.15, 0.2) is 0 Å². The summed E-state index contributed by atoms with van der Waals surface area (Å²) in [7, 11) is 0. The van der Waals surface area contributed by atoms with Gasteiger partial charge < -0.3 is 5.11 Å². The number of hydrazone groups is 1. The van der Waals surface area contributed by atoms with Crippen molar-refractivity contribution < 1.29 is 14.5 Å². The molecular weight excluding hydrogens is 398 g/mol. The van der Waals surface area contributed by atoms with Crippen molar-refractivity contribution in [3.05, 3.63) is 59.1 Å². The van der Waals surface area contributed by atoms with Crippen molar-refractivity contribution in [3.8, 4) is 17.1 Å². The first-order valence-electron chi connectivity index (χ1n) is 8.52. The van der Waals surface area contributed by atoms with Crippen LogP contribution in [0.1, 0.15) is 12.5 Å². The first-order chi connectivity index (χ1) is 13.6. The molecule has 0 bridgehead atoms. The fourth-order valence-electron chi connectivity index (χ4n) is 2.44. The van der Waals surface area contributed by atoms with E-state index < -0.39 is 0 Å². The Bertz CT molecular complexity index is 971. The lowest BCUT2D eigenvalue weighted by molar-refractivity contribution is -0.719. The van der Waals surface area contributed by atoms with E-state index in [4.69, 9.17) is 11.6 Å². The topological polar surface area (TPSA) is 97.1 Å². The van der Waals surface area contributed by atoms with Crippen LogP contribution >= 0.6 is 23.4 Å². The molecule has 0 radical (unpaired) electrons. The Morgan fingerprint density at radius 2 is 2.00 bits per heavy atom. The Kier molecular flexibility index (Phi) is 6.67. The van der Waals surface area contributed by atoms with Crippen molar-refractivity contribution >= 4 is 35.5 Å². The van der Waals surface area contributed by atoms with Crippen molar-refractivity contribution in [2.24, 2.45) is 5.10 Å². The van der Waals surface area contributed by atoms with Gasteiger partial charge in [0.25, 0.3) is 11.7 Å². The van der Waals surface area contributed by atoms with E-state index in [0.29, 0.717) is 16.7 Å². The molecule has 0 aliphatic heterocycles. The molecule has 3 aromatic rings. The van der Waals surface area contributed by atoms with Crippen molar-refractivity contribution in [1.29, 1.82) is 0 Å². The largest absolute Gasteiger partial charge is 0.872 e. The van der Waals surface area contributed by atoms with Gasteiger partial charge in [-0.15, -0.1) is 10.8 Å². The van der Waals surface area contributed by atoms with Crippen LogP contribution in [-0.4, -0.2) is 28.1 Å². The number of thioether (sulfide) groups is 1. The van der Waals surface area contributed by atoms with Gasteiger partial charge in [0.2, 0.25) is 0 Å². The summed E-state index contributed by atoms with van der Waals surface area (Å²) < 4.78 is 1.99. The number of rotatable bonds is 7. The molecule has 0 spiro atoms. The second-order valence-corrected chi connectivity index (χ2v) is 7.14. The molecule has 1 aromatic heterocycles. The van der Waals surface area contributed by atoms with Crippen molar-refractivity contribution in [1.82, 2.24) is 15.6 Å². The Labute approximate surface area is 171 Å². The summed E-state index contributed by atoms with van der Waals surface area (Å²) in [6, 6.07) is 13.6. The van der Waals surface area contributed by atoms with Gasteiger partial charge in [-0.05, 0) is 48.5 Å². The minimum absolute atomic E-state index is 0.0706. The average molecular weight is 416 g/mol. The van der Waals surface area contributed by atoms with Crippen LogP contribution in [0.3, 0.4) is 0 Å². The molecule has 0 atom stereocenters. The van der Waals surface area contributed by atoms with E-state index in [1.165, 1.54) is 30.1 Å². The van der Waals surface area contributed by atoms with Gasteiger partial charge >= 0.3 is 5.16 Å². The number of carbonyl (C=O) groups is 1. The van der Waals surface area contributed by atoms with Gasteiger partial charge in [-0.25, -0.2) is 9.99 Å². The summed E-state index contributed by atoms with van der Waals surface area (Å²) in [4.78, 5) is 12.0. The normalized spacial score (nSPS) is 11.1. The number of hydrogen-bond acceptors (Lipinski definition) is 5. The summed E-state index contributed by atoms with van der Waals surface area (Å²) in [6.45, 7) is 2.71. The standard InChI is InChI=1S/C19H18ClN5O2S/c1-2-25-18(14-5-7-15(20)8-6-14)23-24-19(25)28-12-17(27)22-21-11-13-3-9-16(26)10-4-13/h3-11H,2,12H2,1H3,(H2,21,22,26,27). The maximum Gasteiger partial charge on any atom is 0.337 e. The molecule has 0 fully saturated rings. The fraction of sp³-hybridized carbons (Fsp3) is 0.158. The molecule has 1 amide bonds. The molecule has 0 saturated heterocycles. The molecule has 3 rings (SSSR count). The van der Waals surface area contributed by atoms with Gasteiger partial charge in [-0.2, -0.15) is 5.10 Å². The number of nitrogens with one attached hydrogen (secondary N) is 2. The number of aromatic nitrogens is 3. The second kappa shape index (κ2) is 9.38. The summed E-state index contributed by atoms with van der Waals surface area (Å²) in [5.74, 6) is 0.697. The Balaban J connectivity index is 1.58. The lowest BCUT2D eigenvalue weighted by Gasteiger charge is -2.03. The quantitative estimate of drug-likeness (QED) is 0.268. The monoisotopic (exact) mass is 415 g/mol. The number of benzene rings is 2. The molecule has 0 saturated carbocycles. The van der Waals surface area contributed by atoms with E-state index in [-0.39, 0.29) is 17.4 Å². The predicted molar refractivity (Wildman–Crippen MR) is 107 cm³/mol. The SMILES string of the molecule is CC[n+]1c(SCC(=O)NN=Cc2ccc([O-])cc2)n[nH]c1-c1ccc(Cl)cc1. The lowest BCUT2D eigenvalue weighted by atomic mass is 10.2. The Morgan fingerprint density at radius 3 is 2.68 bits per heavy atom. The van der Waals surface area contributed by atoms with Gasteiger partial charge in [-0.3, -0.25) is 4.79 Å². The molecule has 28 heavy (non-hydrogen) atoms. The fourth-order valence-corrected chi connectivity index (χ4v) is 3.38. The first-order valence-corrected chi connectivity index (χ1v) is 9.89. The average Bonchev–Trinajstić information content (AvgIpc) is 3.11. The highest BCUT2D eigenvalue weighted by molar-refractivity contribution is 7.99. The number of aromatic amines is 1. The Morgan fingerprint density at radius 1 is 1.29 bits per heavy atom. The molecule has 7 nitrogen and oxygen atoms in total. The van der Waals surface area contributed by atoms with E-state index in [1.807, 2.05) is 35.8 Å². The van der Waals surface area contributed by atoms with E-state index in [0.717, 1.165) is 17.0 Å². The number of H-pyrrole nitrogens is 1. The molecule has 144 valence electrons. The van der Waals surface area contributed by atoms with E-state index >= 15 is 0 Å². The van der Waals surface area contributed by atoms with E-state index in [2.05, 4.69) is 20.7 Å². The zero-order valence-corrected chi connectivity index (χ0v) is 16.6. The number of hydrogen-bond donors (Lipinski definition) is 2. The molecule has 2 aromatic carbocycles. The van der Waals surface area contributed by atoms with Gasteiger partial charge in [-0.1, -0.05) is 35.9 Å². The van der Waals surface area contributed by atoms with Crippen LogP contribution in [0.2, 0.25) is 5.02 Å². The third-order valence-corrected chi connectivity index (χ3v) is 5.04. The number of carbonyl (C=O) groups excluding carboxylic acids is 1. The molecule has 2 N–H and O–H groups in total. The number of nitrogens with zero attached hydrogens (tertiary/aromatic N) is 3. The minimum Gasteiger partial charge on any atom is -0.872 e. The van der Waals surface area contributed by atoms with Crippen molar-refractivity contribution in [2.75, 3.05) is 5.75 Å². The zero-order valence-electron chi connectivity index (χ0n) is 15.1. The summed E-state index contributed by atoms with van der Waals surface area (Å²) in [5, 5.41) is 23.7. The lowest BCUT2D eigenvalue weighted by Crippen LogP contribution is -2.36. The van der Waals surface area contributed by atoms with Crippen LogP contribution in [0.25, 0.3) is 11.4 Å². The second-order valence-electron chi connectivity index (χ2n) is 5.76. The number of halogens is 1. The van der Waals surface area contributed by atoms with Crippen LogP contribution in [0.15, 0.2) is 58.8 Å². The van der Waals surface area contributed by atoms with E-state index in [1.54, 1.807) is 12.1 Å². The van der Waals surface area contributed by atoms with Crippen LogP contribution in [0.4, 0.5) is 0 Å². The van der Waals surface area contributed by atoms with Crippen LogP contribution in [0.5, 0.6) is 5.75 Å². The number of amides is 1. The van der Waals surface area contributed by atoms with Crippen LogP contribution < -0.4 is 15.1 Å². The minimum atomic E-state index is -0.250. The Hall–Kier alpha value is -2.84. The molecule has 0 aliphatic carbocycles.